The van der Waals surface area contributed by atoms with E-state index >= 15 is 0 Å². The molecule has 4 rings (SSSR count). The summed E-state index contributed by atoms with van der Waals surface area (Å²) >= 11 is 7.66. The summed E-state index contributed by atoms with van der Waals surface area (Å²) in [5.74, 6) is 2.13. The summed E-state index contributed by atoms with van der Waals surface area (Å²) in [6.07, 6.45) is 1.65. The van der Waals surface area contributed by atoms with Gasteiger partial charge < -0.3 is 14.4 Å². The van der Waals surface area contributed by atoms with E-state index in [1.54, 1.807) is 54.4 Å². The zero-order valence-corrected chi connectivity index (χ0v) is 16.0. The van der Waals surface area contributed by atoms with Crippen molar-refractivity contribution in [3.05, 3.63) is 94.4 Å². The fourth-order valence-electron chi connectivity index (χ4n) is 3.39. The molecule has 1 amide bonds. The smallest absolute Gasteiger partial charge is 0.257 e. The van der Waals surface area contributed by atoms with Gasteiger partial charge >= 0.3 is 0 Å². The minimum Gasteiger partial charge on any atom is -0.468 e. The van der Waals surface area contributed by atoms with Crippen molar-refractivity contribution in [1.29, 1.82) is 0 Å². The molecule has 0 saturated carbocycles. The molecule has 2 heterocycles. The molecule has 2 aromatic carbocycles. The Kier molecular flexibility index (Phi) is 5.00. The lowest BCUT2D eigenvalue weighted by Crippen LogP contribution is -2.45. The number of fused-ring (bicyclic) bond motifs is 1. The van der Waals surface area contributed by atoms with E-state index < -0.39 is 5.72 Å². The van der Waals surface area contributed by atoms with Crippen molar-refractivity contribution >= 4 is 29.3 Å². The molecule has 0 fully saturated rings. The number of benzene rings is 2. The number of carbonyl (C=O) groups is 1. The molecular formula is C21H18ClNO3S. The SMILES string of the molecule is O=C1c2ccccc2C(O)(c2ccc(Cl)cc2)N1CCSCc1ccco1. The molecule has 1 N–H and O–H groups in total. The molecule has 0 aliphatic carbocycles. The van der Waals surface area contributed by atoms with Gasteiger partial charge in [0, 0.05) is 34.0 Å². The first-order valence-corrected chi connectivity index (χ1v) is 10.1. The number of thioether (sulfide) groups is 1. The molecule has 0 saturated heterocycles. The largest absolute Gasteiger partial charge is 0.468 e. The molecule has 0 bridgehead atoms. The Morgan fingerprint density at radius 2 is 1.85 bits per heavy atom. The third-order valence-corrected chi connectivity index (χ3v) is 5.91. The van der Waals surface area contributed by atoms with E-state index in [1.165, 1.54) is 4.90 Å². The molecule has 138 valence electrons. The Hall–Kier alpha value is -2.21. The molecule has 27 heavy (non-hydrogen) atoms. The van der Waals surface area contributed by atoms with Crippen molar-refractivity contribution in [1.82, 2.24) is 4.90 Å². The summed E-state index contributed by atoms with van der Waals surface area (Å²) in [6, 6.07) is 18.0. The van der Waals surface area contributed by atoms with Gasteiger partial charge in [0.15, 0.2) is 5.72 Å². The van der Waals surface area contributed by atoms with Crippen LogP contribution in [0.2, 0.25) is 5.02 Å². The van der Waals surface area contributed by atoms with E-state index in [0.29, 0.717) is 34.0 Å². The Bertz CT molecular complexity index is 942. The van der Waals surface area contributed by atoms with Gasteiger partial charge in [0.1, 0.15) is 5.76 Å². The van der Waals surface area contributed by atoms with Crippen LogP contribution >= 0.6 is 23.4 Å². The molecule has 1 atom stereocenters. The van der Waals surface area contributed by atoms with Crippen LogP contribution in [-0.4, -0.2) is 28.2 Å². The highest BCUT2D eigenvalue weighted by atomic mass is 35.5. The van der Waals surface area contributed by atoms with Gasteiger partial charge in [-0.3, -0.25) is 4.79 Å². The Morgan fingerprint density at radius 3 is 2.59 bits per heavy atom. The summed E-state index contributed by atoms with van der Waals surface area (Å²) in [7, 11) is 0. The normalized spacial score (nSPS) is 18.7. The average molecular weight is 400 g/mol. The number of hydrogen-bond donors (Lipinski definition) is 1. The van der Waals surface area contributed by atoms with Gasteiger partial charge in [0.25, 0.3) is 5.91 Å². The summed E-state index contributed by atoms with van der Waals surface area (Å²) in [4.78, 5) is 14.5. The maximum absolute atomic E-state index is 13.0. The van der Waals surface area contributed by atoms with Crippen LogP contribution < -0.4 is 0 Å². The van der Waals surface area contributed by atoms with Crippen molar-refractivity contribution in [3.63, 3.8) is 0 Å². The molecule has 0 spiro atoms. The van der Waals surface area contributed by atoms with Crippen LogP contribution in [0.3, 0.4) is 0 Å². The second-order valence-electron chi connectivity index (χ2n) is 6.31. The van der Waals surface area contributed by atoms with Gasteiger partial charge in [-0.15, -0.1) is 0 Å². The van der Waals surface area contributed by atoms with Crippen molar-refractivity contribution < 1.29 is 14.3 Å². The third-order valence-electron chi connectivity index (χ3n) is 4.70. The lowest BCUT2D eigenvalue weighted by atomic mass is 9.94. The average Bonchev–Trinajstić information content (AvgIpc) is 3.27. The molecule has 1 unspecified atom stereocenters. The first-order valence-electron chi connectivity index (χ1n) is 8.60. The minimum atomic E-state index is -1.50. The summed E-state index contributed by atoms with van der Waals surface area (Å²) in [5.41, 5.74) is 0.268. The first kappa shape index (κ1) is 18.2. The topological polar surface area (TPSA) is 53.7 Å². The van der Waals surface area contributed by atoms with E-state index in [1.807, 2.05) is 24.3 Å². The van der Waals surface area contributed by atoms with Crippen molar-refractivity contribution in [3.8, 4) is 0 Å². The summed E-state index contributed by atoms with van der Waals surface area (Å²) < 4.78 is 5.34. The van der Waals surface area contributed by atoms with E-state index in [0.717, 1.165) is 11.5 Å². The van der Waals surface area contributed by atoms with Crippen LogP contribution in [0.4, 0.5) is 0 Å². The number of halogens is 1. The maximum Gasteiger partial charge on any atom is 0.257 e. The predicted octanol–water partition coefficient (Wildman–Crippen LogP) is 4.52. The molecule has 4 nitrogen and oxygen atoms in total. The van der Waals surface area contributed by atoms with E-state index in [4.69, 9.17) is 16.0 Å². The van der Waals surface area contributed by atoms with Crippen LogP contribution in [-0.2, 0) is 11.5 Å². The van der Waals surface area contributed by atoms with E-state index in [-0.39, 0.29) is 5.91 Å². The number of nitrogens with zero attached hydrogens (tertiary/aromatic N) is 1. The first-order chi connectivity index (χ1) is 13.1. The maximum atomic E-state index is 13.0. The highest BCUT2D eigenvalue weighted by Crippen LogP contribution is 2.42. The zero-order chi connectivity index (χ0) is 18.9. The lowest BCUT2D eigenvalue weighted by Gasteiger charge is -2.35. The van der Waals surface area contributed by atoms with Crippen LogP contribution in [0.25, 0.3) is 0 Å². The molecular weight excluding hydrogens is 382 g/mol. The minimum absolute atomic E-state index is 0.165. The molecule has 1 aliphatic heterocycles. The van der Waals surface area contributed by atoms with Crippen LogP contribution in [0, 0.1) is 0 Å². The quantitative estimate of drug-likeness (QED) is 0.619. The standard InChI is InChI=1S/C21H18ClNO3S/c22-16-9-7-15(8-10-16)21(25)19-6-2-1-5-18(19)20(24)23(21)11-13-27-14-17-4-3-12-26-17/h1-10,12,25H,11,13-14H2. The fourth-order valence-corrected chi connectivity index (χ4v) is 4.34. The highest BCUT2D eigenvalue weighted by Gasteiger charge is 2.49. The molecule has 3 aromatic rings. The van der Waals surface area contributed by atoms with Crippen LogP contribution in [0.1, 0.15) is 27.2 Å². The van der Waals surface area contributed by atoms with Crippen LogP contribution in [0.5, 0.6) is 0 Å². The van der Waals surface area contributed by atoms with Gasteiger partial charge in [-0.2, -0.15) is 11.8 Å². The monoisotopic (exact) mass is 399 g/mol. The number of hydrogen-bond acceptors (Lipinski definition) is 4. The summed E-state index contributed by atoms with van der Waals surface area (Å²) in [6.45, 7) is 0.415. The predicted molar refractivity (Wildman–Crippen MR) is 107 cm³/mol. The number of furan rings is 1. The van der Waals surface area contributed by atoms with E-state index in [9.17, 15) is 9.90 Å². The van der Waals surface area contributed by atoms with E-state index in [2.05, 4.69) is 0 Å². The number of aliphatic hydroxyl groups is 1. The second-order valence-corrected chi connectivity index (χ2v) is 7.86. The highest BCUT2D eigenvalue weighted by molar-refractivity contribution is 7.98. The zero-order valence-electron chi connectivity index (χ0n) is 14.5. The van der Waals surface area contributed by atoms with Gasteiger partial charge in [0.2, 0.25) is 0 Å². The third kappa shape index (κ3) is 3.27. The molecule has 6 heteroatoms. The summed E-state index contributed by atoms with van der Waals surface area (Å²) in [5, 5.41) is 12.2. The Balaban J connectivity index is 1.60. The Labute approximate surface area is 166 Å². The van der Waals surface area contributed by atoms with Gasteiger partial charge in [-0.05, 0) is 30.3 Å². The molecule has 0 radical (unpaired) electrons. The van der Waals surface area contributed by atoms with Gasteiger partial charge in [0.05, 0.1) is 12.0 Å². The molecule has 1 aromatic heterocycles. The van der Waals surface area contributed by atoms with Gasteiger partial charge in [-0.1, -0.05) is 41.9 Å². The van der Waals surface area contributed by atoms with Crippen molar-refractivity contribution in [2.45, 2.75) is 11.5 Å². The van der Waals surface area contributed by atoms with Crippen molar-refractivity contribution in [2.75, 3.05) is 12.3 Å². The fraction of sp³-hybridized carbons (Fsp3) is 0.190. The number of rotatable bonds is 6. The Morgan fingerprint density at radius 1 is 1.07 bits per heavy atom. The molecule has 1 aliphatic rings. The lowest BCUT2D eigenvalue weighted by molar-refractivity contribution is -0.0469. The van der Waals surface area contributed by atoms with Crippen LogP contribution in [0.15, 0.2) is 71.3 Å². The van der Waals surface area contributed by atoms with Crippen molar-refractivity contribution in [2.24, 2.45) is 0 Å². The van der Waals surface area contributed by atoms with Gasteiger partial charge in [-0.25, -0.2) is 0 Å². The second kappa shape index (κ2) is 7.43. The number of carbonyl (C=O) groups excluding carboxylic acids is 1. The number of amides is 1.